The van der Waals surface area contributed by atoms with Crippen molar-refractivity contribution in [3.8, 4) is 0 Å². The molecular weight excluding hydrogens is 466 g/mol. The Morgan fingerprint density at radius 3 is 2.34 bits per heavy atom. The van der Waals surface area contributed by atoms with Gasteiger partial charge in [-0.3, -0.25) is 0 Å². The van der Waals surface area contributed by atoms with E-state index in [0.717, 1.165) is 0 Å². The van der Waals surface area contributed by atoms with E-state index in [2.05, 4.69) is 5.32 Å². The lowest BCUT2D eigenvalue weighted by molar-refractivity contribution is -0.289. The second kappa shape index (κ2) is 13.7. The van der Waals surface area contributed by atoms with Crippen molar-refractivity contribution in [1.82, 2.24) is 5.32 Å². The number of likely N-dealkylation sites (N-methyl/N-ethyl adjacent to an activating group) is 1. The van der Waals surface area contributed by atoms with Gasteiger partial charge in [-0.2, -0.15) is 0 Å². The molecule has 1 saturated carbocycles. The predicted octanol–water partition coefficient (Wildman–Crippen LogP) is -3.76. The third-order valence-corrected chi connectivity index (χ3v) is 6.22. The van der Waals surface area contributed by atoms with E-state index in [0.29, 0.717) is 6.42 Å². The lowest BCUT2D eigenvalue weighted by Crippen LogP contribution is -2.54. The fraction of sp³-hybridized carbons (Fsp3) is 0.810. The van der Waals surface area contributed by atoms with Crippen molar-refractivity contribution < 1.29 is 44.8 Å². The summed E-state index contributed by atoms with van der Waals surface area (Å²) in [6, 6.07) is -1.50. The Morgan fingerprint density at radius 1 is 1.03 bits per heavy atom. The van der Waals surface area contributed by atoms with Crippen LogP contribution in [0.15, 0.2) is 23.2 Å². The molecule has 0 aromatic rings. The third kappa shape index (κ3) is 8.23. The first kappa shape index (κ1) is 29.7. The van der Waals surface area contributed by atoms with Crippen LogP contribution < -0.4 is 28.3 Å². The number of aliphatic hydroxyl groups is 6. The highest BCUT2D eigenvalue weighted by Gasteiger charge is 2.38. The lowest BCUT2D eigenvalue weighted by atomic mass is 9.87. The van der Waals surface area contributed by atoms with Gasteiger partial charge in [0.15, 0.2) is 12.6 Å². The lowest BCUT2D eigenvalue weighted by Gasteiger charge is -2.37. The fourth-order valence-electron chi connectivity index (χ4n) is 4.03. The summed E-state index contributed by atoms with van der Waals surface area (Å²) in [4.78, 5) is 0. The van der Waals surface area contributed by atoms with E-state index in [-0.39, 0.29) is 49.4 Å². The molecule has 0 radical (unpaired) electrons. The van der Waals surface area contributed by atoms with Crippen LogP contribution in [-0.2, 0) is 14.2 Å². The van der Waals surface area contributed by atoms with Gasteiger partial charge in [0.1, 0.15) is 17.6 Å². The van der Waals surface area contributed by atoms with Crippen molar-refractivity contribution in [3.05, 3.63) is 23.2 Å². The van der Waals surface area contributed by atoms with Gasteiger partial charge in [0, 0.05) is 38.0 Å². The number of rotatable bonds is 11. The summed E-state index contributed by atoms with van der Waals surface area (Å²) in [6.45, 7) is -0.381. The largest absolute Gasteiger partial charge is 0.510 e. The average molecular weight is 508 g/mol. The molecule has 0 bridgehead atoms. The van der Waals surface area contributed by atoms with Crippen LogP contribution in [0.5, 0.6) is 0 Å². The Kier molecular flexibility index (Phi) is 11.6. The zero-order valence-electron chi connectivity index (χ0n) is 19.8. The molecule has 5 unspecified atom stereocenters. The van der Waals surface area contributed by atoms with Crippen molar-refractivity contribution in [3.63, 3.8) is 0 Å². The van der Waals surface area contributed by atoms with E-state index in [9.17, 15) is 30.6 Å². The molecule has 14 heteroatoms. The molecule has 0 amide bonds. The summed E-state index contributed by atoms with van der Waals surface area (Å²) in [5.41, 5.74) is 23.3. The normalized spacial score (nSPS) is 36.9. The first-order valence-electron chi connectivity index (χ1n) is 11.6. The van der Waals surface area contributed by atoms with Crippen molar-refractivity contribution >= 4 is 0 Å². The van der Waals surface area contributed by atoms with E-state index in [4.69, 9.17) is 37.1 Å². The predicted molar refractivity (Wildman–Crippen MR) is 124 cm³/mol. The molecule has 1 aliphatic carbocycles. The van der Waals surface area contributed by atoms with Gasteiger partial charge in [0.05, 0.1) is 30.6 Å². The number of hydrogen-bond acceptors (Lipinski definition) is 14. The first-order valence-corrected chi connectivity index (χ1v) is 11.6. The van der Waals surface area contributed by atoms with Crippen molar-refractivity contribution in [2.75, 3.05) is 13.7 Å². The van der Waals surface area contributed by atoms with Gasteiger partial charge in [0.25, 0.3) is 0 Å². The Balaban J connectivity index is 1.90. The van der Waals surface area contributed by atoms with Crippen LogP contribution in [0.1, 0.15) is 32.1 Å². The van der Waals surface area contributed by atoms with E-state index in [1.807, 2.05) is 0 Å². The van der Waals surface area contributed by atoms with Crippen LogP contribution in [0.4, 0.5) is 0 Å². The molecule has 35 heavy (non-hydrogen) atoms. The fourth-order valence-corrected chi connectivity index (χ4v) is 4.03. The van der Waals surface area contributed by atoms with Gasteiger partial charge < -0.3 is 73.1 Å². The minimum Gasteiger partial charge on any atom is -0.510 e. The van der Waals surface area contributed by atoms with E-state index in [1.54, 1.807) is 0 Å². The minimum absolute atomic E-state index is 0.0118. The maximum atomic E-state index is 10.4. The smallest absolute Gasteiger partial charge is 0.202 e. The van der Waals surface area contributed by atoms with Gasteiger partial charge in [0.2, 0.25) is 6.29 Å². The molecule has 2 aliphatic rings. The monoisotopic (exact) mass is 507 g/mol. The number of aliphatic hydroxyl groups excluding tert-OH is 6. The highest BCUT2D eigenvalue weighted by atomic mass is 16.7. The molecular formula is C21H41N5O9. The quantitative estimate of drug-likeness (QED) is 0.0947. The van der Waals surface area contributed by atoms with Gasteiger partial charge in [-0.1, -0.05) is 6.08 Å². The maximum absolute atomic E-state index is 10.4. The first-order chi connectivity index (χ1) is 16.5. The number of nitrogens with one attached hydrogen (secondary N) is 1. The zero-order valence-corrected chi connectivity index (χ0v) is 19.8. The molecule has 10 atom stereocenters. The maximum Gasteiger partial charge on any atom is 0.202 e. The summed E-state index contributed by atoms with van der Waals surface area (Å²) in [7, 11) is 1.46. The Labute approximate surface area is 204 Å². The van der Waals surface area contributed by atoms with Crippen molar-refractivity contribution in [2.45, 2.75) is 93.5 Å². The molecule has 0 aromatic carbocycles. The number of hydrogen-bond donors (Lipinski definition) is 11. The van der Waals surface area contributed by atoms with Crippen LogP contribution in [0, 0.1) is 0 Å². The van der Waals surface area contributed by atoms with Crippen LogP contribution in [-0.4, -0.2) is 106 Å². The van der Waals surface area contributed by atoms with E-state index >= 15 is 0 Å². The SMILES string of the molecule is CN/C(=C(/O)CC/C=C(/N)[C@H](O)O[C@H]1CC(O)[C@H](N)CC1N)C(O)O[C@H]1OC(CO)[C@@H](N)CC1O. The molecule has 15 N–H and O–H groups in total. The summed E-state index contributed by atoms with van der Waals surface area (Å²) >= 11 is 0. The average Bonchev–Trinajstić information content (AvgIpc) is 2.79. The molecule has 2 rings (SSSR count). The van der Waals surface area contributed by atoms with Gasteiger partial charge in [-0.15, -0.1) is 0 Å². The standard InChI is InChI=1S/C21H41N5O9/c1-26-18(20(32)35-21-15(30)6-12(25)17(8-27)34-21)13(28)4-2-3-9(22)19(31)33-16-7-14(29)10(23)5-11(16)24/h3,10-12,14-17,19-21,26-32H,2,4-8,22-25H2,1H3/b9-3+,18-13+/t10-,11?,12+,14?,15?,16+,17?,19-,20?,21-/m1/s1. The second-order valence-electron chi connectivity index (χ2n) is 8.93. The molecule has 1 saturated heterocycles. The number of allylic oxidation sites excluding steroid dienone is 2. The van der Waals surface area contributed by atoms with Crippen LogP contribution in [0.2, 0.25) is 0 Å². The highest BCUT2D eigenvalue weighted by Crippen LogP contribution is 2.24. The van der Waals surface area contributed by atoms with Crippen LogP contribution >= 0.6 is 0 Å². The Morgan fingerprint density at radius 2 is 1.71 bits per heavy atom. The Bertz CT molecular complexity index is 727. The molecule has 0 aromatic heterocycles. The van der Waals surface area contributed by atoms with Crippen LogP contribution in [0.25, 0.3) is 0 Å². The third-order valence-electron chi connectivity index (χ3n) is 6.22. The van der Waals surface area contributed by atoms with Crippen LogP contribution in [0.3, 0.4) is 0 Å². The zero-order chi connectivity index (χ0) is 26.3. The number of ether oxygens (including phenoxy) is 3. The second-order valence-corrected chi connectivity index (χ2v) is 8.93. The minimum atomic E-state index is -1.67. The molecule has 204 valence electrons. The summed E-state index contributed by atoms with van der Waals surface area (Å²) in [6.07, 6.45) is -5.49. The van der Waals surface area contributed by atoms with Crippen molar-refractivity contribution in [1.29, 1.82) is 0 Å². The molecule has 1 heterocycles. The van der Waals surface area contributed by atoms with Gasteiger partial charge in [-0.05, 0) is 19.3 Å². The molecule has 0 spiro atoms. The highest BCUT2D eigenvalue weighted by molar-refractivity contribution is 5.10. The van der Waals surface area contributed by atoms with E-state index in [1.165, 1.54) is 13.1 Å². The van der Waals surface area contributed by atoms with Gasteiger partial charge >= 0.3 is 0 Å². The number of nitrogens with two attached hydrogens (primary N) is 4. The summed E-state index contributed by atoms with van der Waals surface area (Å²) < 4.78 is 16.2. The van der Waals surface area contributed by atoms with E-state index < -0.39 is 61.4 Å². The molecule has 1 aliphatic heterocycles. The summed E-state index contributed by atoms with van der Waals surface area (Å²) in [5.74, 6) is -0.258. The summed E-state index contributed by atoms with van der Waals surface area (Å²) in [5, 5.41) is 63.0. The molecule has 2 fully saturated rings. The molecule has 14 nitrogen and oxygen atoms in total. The van der Waals surface area contributed by atoms with Gasteiger partial charge in [-0.25, -0.2) is 0 Å². The topological polar surface area (TPSA) is 265 Å². The Hall–Kier alpha value is -1.56. The van der Waals surface area contributed by atoms with Crippen molar-refractivity contribution in [2.24, 2.45) is 22.9 Å².